The fraction of sp³-hybridized carbons (Fsp3) is 0.0667. The molecule has 0 aliphatic carbocycles. The minimum Gasteiger partial charge on any atom is -0.454 e. The van der Waals surface area contributed by atoms with Crippen LogP contribution in [-0.2, 0) is 14.8 Å². The lowest BCUT2D eigenvalue weighted by Gasteiger charge is -2.03. The third-order valence-corrected chi connectivity index (χ3v) is 4.52. The fourth-order valence-corrected chi connectivity index (χ4v) is 2.92. The average Bonchev–Trinajstić information content (AvgIpc) is 3.00. The summed E-state index contributed by atoms with van der Waals surface area (Å²) in [4.78, 5) is 15.5. The van der Waals surface area contributed by atoms with Crippen LogP contribution >= 0.6 is 11.6 Å². The number of rotatable bonds is 4. The van der Waals surface area contributed by atoms with E-state index < -0.39 is 15.9 Å². The first kappa shape index (κ1) is 16.3. The van der Waals surface area contributed by atoms with Crippen molar-refractivity contribution in [2.45, 2.75) is 5.03 Å². The zero-order chi connectivity index (χ0) is 17.2. The van der Waals surface area contributed by atoms with E-state index in [0.29, 0.717) is 22.1 Å². The summed E-state index contributed by atoms with van der Waals surface area (Å²) in [6.45, 7) is 0.148. The molecule has 0 atom stereocenters. The van der Waals surface area contributed by atoms with Crippen molar-refractivity contribution in [1.29, 1.82) is 0 Å². The van der Waals surface area contributed by atoms with Crippen molar-refractivity contribution in [2.75, 3.05) is 6.79 Å². The van der Waals surface area contributed by atoms with Crippen LogP contribution in [0.25, 0.3) is 6.08 Å². The summed E-state index contributed by atoms with van der Waals surface area (Å²) in [5, 5.41) is -0.000269. The third-order valence-electron chi connectivity index (χ3n) is 3.03. The Kier molecular flexibility index (Phi) is 4.41. The summed E-state index contributed by atoms with van der Waals surface area (Å²) < 4.78 is 36.3. The number of benzene rings is 1. The van der Waals surface area contributed by atoms with Crippen molar-refractivity contribution in [1.82, 2.24) is 9.71 Å². The Morgan fingerprint density at radius 1 is 1.21 bits per heavy atom. The number of carbonyl (C=O) groups excluding carboxylic acids is 1. The highest BCUT2D eigenvalue weighted by atomic mass is 35.5. The van der Waals surface area contributed by atoms with E-state index in [-0.39, 0.29) is 11.8 Å². The van der Waals surface area contributed by atoms with E-state index in [4.69, 9.17) is 21.1 Å². The lowest BCUT2D eigenvalue weighted by atomic mass is 10.2. The lowest BCUT2D eigenvalue weighted by Crippen LogP contribution is -2.29. The van der Waals surface area contributed by atoms with Gasteiger partial charge in [0.25, 0.3) is 15.9 Å². The molecule has 1 N–H and O–H groups in total. The number of halogens is 1. The maximum atomic E-state index is 12.0. The molecule has 0 bridgehead atoms. The number of carbonyl (C=O) groups is 1. The molecule has 9 heteroatoms. The van der Waals surface area contributed by atoms with Gasteiger partial charge in [-0.05, 0) is 35.9 Å². The Morgan fingerprint density at radius 3 is 2.75 bits per heavy atom. The summed E-state index contributed by atoms with van der Waals surface area (Å²) in [7, 11) is -4.06. The predicted molar refractivity (Wildman–Crippen MR) is 86.2 cm³/mol. The quantitative estimate of drug-likeness (QED) is 0.831. The van der Waals surface area contributed by atoms with Gasteiger partial charge in [0, 0.05) is 12.3 Å². The Balaban J connectivity index is 1.69. The molecule has 1 aliphatic heterocycles. The van der Waals surface area contributed by atoms with Gasteiger partial charge in [-0.15, -0.1) is 0 Å². The molecule has 0 saturated heterocycles. The van der Waals surface area contributed by atoms with Crippen LogP contribution in [-0.4, -0.2) is 26.1 Å². The molecular weight excluding hydrogens is 356 g/mol. The summed E-state index contributed by atoms with van der Waals surface area (Å²) in [5.41, 5.74) is 0.663. The van der Waals surface area contributed by atoms with E-state index in [1.807, 2.05) is 4.72 Å². The highest BCUT2D eigenvalue weighted by molar-refractivity contribution is 7.90. The Hall–Kier alpha value is -2.58. The van der Waals surface area contributed by atoms with Gasteiger partial charge in [-0.25, -0.2) is 9.71 Å². The molecule has 1 aromatic heterocycles. The Morgan fingerprint density at radius 2 is 2.00 bits per heavy atom. The van der Waals surface area contributed by atoms with Crippen LogP contribution in [0.1, 0.15) is 5.56 Å². The SMILES string of the molecule is O=C(/C=C/c1ccc2c(c1)OCO2)NS(=O)(=O)c1ccc(Cl)cn1. The predicted octanol–water partition coefficient (Wildman–Crippen LogP) is 1.98. The summed E-state index contributed by atoms with van der Waals surface area (Å²) in [5.74, 6) is 0.382. The number of aromatic nitrogens is 1. The van der Waals surface area contributed by atoms with Crippen molar-refractivity contribution in [3.8, 4) is 11.5 Å². The smallest absolute Gasteiger partial charge is 0.281 e. The van der Waals surface area contributed by atoms with Crippen LogP contribution in [0, 0.1) is 0 Å². The molecule has 24 heavy (non-hydrogen) atoms. The van der Waals surface area contributed by atoms with Gasteiger partial charge < -0.3 is 9.47 Å². The highest BCUT2D eigenvalue weighted by Gasteiger charge is 2.18. The first-order valence-electron chi connectivity index (χ1n) is 6.70. The van der Waals surface area contributed by atoms with E-state index >= 15 is 0 Å². The zero-order valence-corrected chi connectivity index (χ0v) is 13.7. The van der Waals surface area contributed by atoms with Crippen molar-refractivity contribution >= 4 is 33.6 Å². The molecule has 124 valence electrons. The third kappa shape index (κ3) is 3.66. The molecule has 1 aliphatic rings. The average molecular weight is 367 g/mol. The molecular formula is C15H11ClN2O5S. The fourth-order valence-electron chi connectivity index (χ4n) is 1.93. The van der Waals surface area contributed by atoms with Crippen molar-refractivity contribution in [3.63, 3.8) is 0 Å². The molecule has 0 saturated carbocycles. The topological polar surface area (TPSA) is 94.6 Å². The largest absolute Gasteiger partial charge is 0.454 e. The minimum atomic E-state index is -4.06. The molecule has 7 nitrogen and oxygen atoms in total. The summed E-state index contributed by atoms with van der Waals surface area (Å²) in [6.07, 6.45) is 3.75. The van der Waals surface area contributed by atoms with E-state index in [2.05, 4.69) is 4.98 Å². The Bertz CT molecular complexity index is 910. The van der Waals surface area contributed by atoms with Gasteiger partial charge in [-0.3, -0.25) is 4.79 Å². The highest BCUT2D eigenvalue weighted by Crippen LogP contribution is 2.32. The van der Waals surface area contributed by atoms with Gasteiger partial charge in [0.2, 0.25) is 6.79 Å². The maximum absolute atomic E-state index is 12.0. The van der Waals surface area contributed by atoms with Gasteiger partial charge in [-0.1, -0.05) is 17.7 Å². The van der Waals surface area contributed by atoms with E-state index in [9.17, 15) is 13.2 Å². The van der Waals surface area contributed by atoms with Crippen molar-refractivity contribution in [2.24, 2.45) is 0 Å². The molecule has 1 aromatic carbocycles. The molecule has 0 fully saturated rings. The molecule has 2 heterocycles. The molecule has 2 aromatic rings. The van der Waals surface area contributed by atoms with Crippen LogP contribution in [0.4, 0.5) is 0 Å². The van der Waals surface area contributed by atoms with Crippen molar-refractivity contribution in [3.05, 3.63) is 53.2 Å². The first-order valence-corrected chi connectivity index (χ1v) is 8.56. The second kappa shape index (κ2) is 6.50. The van der Waals surface area contributed by atoms with Crippen LogP contribution < -0.4 is 14.2 Å². The van der Waals surface area contributed by atoms with Gasteiger partial charge in [0.15, 0.2) is 16.5 Å². The molecule has 0 radical (unpaired) electrons. The summed E-state index contributed by atoms with van der Waals surface area (Å²) >= 11 is 5.65. The first-order chi connectivity index (χ1) is 11.4. The number of hydrogen-bond donors (Lipinski definition) is 1. The van der Waals surface area contributed by atoms with Gasteiger partial charge in [-0.2, -0.15) is 8.42 Å². The number of pyridine rings is 1. The standard InChI is InChI=1S/C15H11ClN2O5S/c16-11-3-6-15(17-8-11)24(20,21)18-14(19)5-2-10-1-4-12-13(7-10)23-9-22-12/h1-8H,9H2,(H,18,19)/b5-2+. The number of ether oxygens (including phenoxy) is 2. The van der Waals surface area contributed by atoms with Crippen molar-refractivity contribution < 1.29 is 22.7 Å². The normalized spacial score (nSPS) is 13.2. The van der Waals surface area contributed by atoms with Gasteiger partial charge in [0.1, 0.15) is 0 Å². The van der Waals surface area contributed by atoms with E-state index in [1.54, 1.807) is 18.2 Å². The van der Waals surface area contributed by atoms with Gasteiger partial charge in [0.05, 0.1) is 5.02 Å². The number of hydrogen-bond acceptors (Lipinski definition) is 6. The molecule has 3 rings (SSSR count). The number of fused-ring (bicyclic) bond motifs is 1. The monoisotopic (exact) mass is 366 g/mol. The summed E-state index contributed by atoms with van der Waals surface area (Å²) in [6, 6.07) is 7.68. The second-order valence-corrected chi connectivity index (χ2v) is 6.80. The number of nitrogens with one attached hydrogen (secondary N) is 1. The maximum Gasteiger partial charge on any atom is 0.281 e. The second-order valence-electron chi connectivity index (χ2n) is 4.73. The van der Waals surface area contributed by atoms with Crippen LogP contribution in [0.3, 0.4) is 0 Å². The van der Waals surface area contributed by atoms with Crippen LogP contribution in [0.5, 0.6) is 11.5 Å². The minimum absolute atomic E-state index is 0.148. The van der Waals surface area contributed by atoms with Crippen LogP contribution in [0.2, 0.25) is 5.02 Å². The van der Waals surface area contributed by atoms with Crippen LogP contribution in [0.15, 0.2) is 47.6 Å². The van der Waals surface area contributed by atoms with Gasteiger partial charge >= 0.3 is 0 Å². The zero-order valence-electron chi connectivity index (χ0n) is 12.1. The molecule has 0 unspecified atom stereocenters. The Labute approximate surface area is 142 Å². The number of sulfonamides is 1. The van der Waals surface area contributed by atoms with E-state index in [1.165, 1.54) is 24.4 Å². The lowest BCUT2D eigenvalue weighted by molar-refractivity contribution is -0.114. The molecule has 1 amide bonds. The number of amides is 1. The molecule has 0 spiro atoms. The number of nitrogens with zero attached hydrogens (tertiary/aromatic N) is 1. The van der Waals surface area contributed by atoms with E-state index in [0.717, 1.165) is 6.08 Å².